The van der Waals surface area contributed by atoms with Gasteiger partial charge in [0.25, 0.3) is 5.91 Å². The van der Waals surface area contributed by atoms with Crippen molar-refractivity contribution in [3.05, 3.63) is 87.6 Å². The van der Waals surface area contributed by atoms with Crippen LogP contribution in [0.5, 0.6) is 5.75 Å². The molecule has 0 radical (unpaired) electrons. The molecular weight excluding hydrogens is 468 g/mol. The van der Waals surface area contributed by atoms with Crippen LogP contribution in [0.25, 0.3) is 0 Å². The first-order chi connectivity index (χ1) is 16.4. The Balaban J connectivity index is 1.70. The van der Waals surface area contributed by atoms with Gasteiger partial charge in [-0.05, 0) is 47.2 Å². The molecule has 0 saturated heterocycles. The fourth-order valence-electron chi connectivity index (χ4n) is 3.42. The van der Waals surface area contributed by atoms with Gasteiger partial charge in [-0.25, -0.2) is 0 Å². The summed E-state index contributed by atoms with van der Waals surface area (Å²) in [6, 6.07) is 20.8. The van der Waals surface area contributed by atoms with Crippen LogP contribution in [0.2, 0.25) is 5.02 Å². The van der Waals surface area contributed by atoms with Gasteiger partial charge in [0.05, 0.1) is 13.1 Å². The summed E-state index contributed by atoms with van der Waals surface area (Å²) in [5.41, 5.74) is 1.05. The predicted octanol–water partition coefficient (Wildman–Crippen LogP) is 5.88. The first-order valence-corrected chi connectivity index (χ1v) is 12.7. The van der Waals surface area contributed by atoms with Gasteiger partial charge in [0.15, 0.2) is 6.61 Å². The summed E-state index contributed by atoms with van der Waals surface area (Å²) in [4.78, 5) is 31.1. The molecule has 34 heavy (non-hydrogen) atoms. The van der Waals surface area contributed by atoms with E-state index in [1.807, 2.05) is 52.7 Å². The smallest absolute Gasteiger partial charge is 0.260 e. The number of hydrogen-bond donors (Lipinski definition) is 0. The van der Waals surface area contributed by atoms with Crippen LogP contribution in [0.4, 0.5) is 0 Å². The van der Waals surface area contributed by atoms with Crippen molar-refractivity contribution in [2.24, 2.45) is 5.92 Å². The second kappa shape index (κ2) is 13.2. The molecule has 7 heteroatoms. The van der Waals surface area contributed by atoms with Crippen molar-refractivity contribution >= 4 is 34.8 Å². The number of halogens is 1. The second-order valence-corrected chi connectivity index (χ2v) is 9.81. The monoisotopic (exact) mass is 498 g/mol. The van der Waals surface area contributed by atoms with Gasteiger partial charge in [-0.3, -0.25) is 9.59 Å². The van der Waals surface area contributed by atoms with Crippen LogP contribution in [0, 0.1) is 5.92 Å². The van der Waals surface area contributed by atoms with E-state index in [1.54, 1.807) is 40.5 Å². The summed E-state index contributed by atoms with van der Waals surface area (Å²) in [6.07, 6.45) is 0.916. The zero-order valence-corrected chi connectivity index (χ0v) is 21.2. The number of benzene rings is 2. The van der Waals surface area contributed by atoms with Gasteiger partial charge in [-0.15, -0.1) is 11.3 Å². The fourth-order valence-corrected chi connectivity index (χ4v) is 4.26. The standard InChI is InChI=1S/C27H31ClN2O3S/c1-3-21(2)16-29(27(32)20-33-24-13-11-23(28)12-14-24)19-26(31)30(18-25-10-7-15-34-25)17-22-8-5-4-6-9-22/h4-15,21H,3,16-20H2,1-2H3. The van der Waals surface area contributed by atoms with Crippen LogP contribution in [0.3, 0.4) is 0 Å². The second-order valence-electron chi connectivity index (χ2n) is 8.35. The highest BCUT2D eigenvalue weighted by Crippen LogP contribution is 2.17. The lowest BCUT2D eigenvalue weighted by Gasteiger charge is -2.29. The number of nitrogens with zero attached hydrogens (tertiary/aromatic N) is 2. The van der Waals surface area contributed by atoms with E-state index in [0.29, 0.717) is 30.4 Å². The number of amides is 2. The molecule has 0 N–H and O–H groups in total. The van der Waals surface area contributed by atoms with Gasteiger partial charge in [0.2, 0.25) is 5.91 Å². The highest BCUT2D eigenvalue weighted by atomic mass is 35.5. The van der Waals surface area contributed by atoms with Gasteiger partial charge in [-0.1, -0.05) is 68.3 Å². The van der Waals surface area contributed by atoms with Crippen molar-refractivity contribution in [3.8, 4) is 5.75 Å². The molecule has 2 aromatic carbocycles. The van der Waals surface area contributed by atoms with E-state index in [1.165, 1.54) is 0 Å². The minimum Gasteiger partial charge on any atom is -0.484 e. The van der Waals surface area contributed by atoms with Gasteiger partial charge < -0.3 is 14.5 Å². The molecule has 0 bridgehead atoms. The molecule has 0 aliphatic carbocycles. The number of hydrogen-bond acceptors (Lipinski definition) is 4. The molecule has 1 heterocycles. The van der Waals surface area contributed by atoms with Crippen molar-refractivity contribution in [2.75, 3.05) is 19.7 Å². The highest BCUT2D eigenvalue weighted by Gasteiger charge is 2.23. The molecule has 3 rings (SSSR count). The lowest BCUT2D eigenvalue weighted by molar-refractivity contribution is -0.142. The van der Waals surface area contributed by atoms with E-state index in [-0.39, 0.29) is 30.9 Å². The van der Waals surface area contributed by atoms with Gasteiger partial charge >= 0.3 is 0 Å². The Morgan fingerprint density at radius 2 is 1.68 bits per heavy atom. The molecule has 1 aromatic heterocycles. The van der Waals surface area contributed by atoms with Crippen molar-refractivity contribution < 1.29 is 14.3 Å². The first-order valence-electron chi connectivity index (χ1n) is 11.4. The predicted molar refractivity (Wildman–Crippen MR) is 138 cm³/mol. The van der Waals surface area contributed by atoms with E-state index in [2.05, 4.69) is 13.8 Å². The quantitative estimate of drug-likeness (QED) is 0.313. The van der Waals surface area contributed by atoms with Crippen molar-refractivity contribution in [1.82, 2.24) is 9.80 Å². The Morgan fingerprint density at radius 3 is 2.32 bits per heavy atom. The normalized spacial score (nSPS) is 11.6. The minimum absolute atomic E-state index is 0.0192. The topological polar surface area (TPSA) is 49.9 Å². The maximum atomic E-state index is 13.5. The van der Waals surface area contributed by atoms with Crippen LogP contribution >= 0.6 is 22.9 Å². The maximum Gasteiger partial charge on any atom is 0.260 e. The summed E-state index contributed by atoms with van der Waals surface area (Å²) >= 11 is 7.54. The minimum atomic E-state index is -0.209. The summed E-state index contributed by atoms with van der Waals surface area (Å²) in [6.45, 7) is 5.56. The van der Waals surface area contributed by atoms with Crippen molar-refractivity contribution in [2.45, 2.75) is 33.4 Å². The van der Waals surface area contributed by atoms with Crippen molar-refractivity contribution in [3.63, 3.8) is 0 Å². The Morgan fingerprint density at radius 1 is 0.941 bits per heavy atom. The summed E-state index contributed by atoms with van der Waals surface area (Å²) < 4.78 is 5.67. The lowest BCUT2D eigenvalue weighted by atomic mass is 10.1. The van der Waals surface area contributed by atoms with Crippen LogP contribution < -0.4 is 4.74 Å². The summed E-state index contributed by atoms with van der Waals surface area (Å²) in [5, 5.41) is 2.61. The number of carbonyl (C=O) groups is 2. The zero-order valence-electron chi connectivity index (χ0n) is 19.7. The average molecular weight is 499 g/mol. The molecule has 0 fully saturated rings. The first kappa shape index (κ1) is 25.8. The van der Waals surface area contributed by atoms with Gasteiger partial charge in [0.1, 0.15) is 5.75 Å². The van der Waals surface area contributed by atoms with Gasteiger partial charge in [0, 0.05) is 23.0 Å². The number of thiophene rings is 1. The third-order valence-electron chi connectivity index (χ3n) is 5.58. The Kier molecular flexibility index (Phi) is 9.98. The molecule has 180 valence electrons. The molecule has 3 aromatic rings. The van der Waals surface area contributed by atoms with Gasteiger partial charge in [-0.2, -0.15) is 0 Å². The molecule has 5 nitrogen and oxygen atoms in total. The summed E-state index contributed by atoms with van der Waals surface area (Å²) in [7, 11) is 0. The van der Waals surface area contributed by atoms with E-state index >= 15 is 0 Å². The maximum absolute atomic E-state index is 13.5. The largest absolute Gasteiger partial charge is 0.484 e. The van der Waals surface area contributed by atoms with Crippen LogP contribution in [0.1, 0.15) is 30.7 Å². The summed E-state index contributed by atoms with van der Waals surface area (Å²) in [5.74, 6) is 0.544. The van der Waals surface area contributed by atoms with E-state index in [4.69, 9.17) is 16.3 Å². The Hall–Kier alpha value is -2.83. The Labute approximate surface area is 210 Å². The van der Waals surface area contributed by atoms with Crippen molar-refractivity contribution in [1.29, 1.82) is 0 Å². The van der Waals surface area contributed by atoms with Crippen LogP contribution in [-0.4, -0.2) is 41.3 Å². The molecule has 0 aliphatic heterocycles. The molecule has 0 aliphatic rings. The third-order valence-corrected chi connectivity index (χ3v) is 6.69. The zero-order chi connectivity index (χ0) is 24.3. The average Bonchev–Trinajstić information content (AvgIpc) is 3.36. The third kappa shape index (κ3) is 8.19. The van der Waals surface area contributed by atoms with Crippen LogP contribution in [-0.2, 0) is 22.7 Å². The fraction of sp³-hybridized carbons (Fsp3) is 0.333. The molecule has 1 unspecified atom stereocenters. The number of ether oxygens (including phenoxy) is 1. The lowest BCUT2D eigenvalue weighted by Crippen LogP contribution is -2.45. The molecule has 2 amide bonds. The van der Waals surface area contributed by atoms with E-state index < -0.39 is 0 Å². The number of carbonyl (C=O) groups excluding carboxylic acids is 2. The molecule has 1 atom stereocenters. The molecule has 0 saturated carbocycles. The molecular formula is C27H31ClN2O3S. The number of rotatable bonds is 12. The van der Waals surface area contributed by atoms with Crippen LogP contribution in [0.15, 0.2) is 72.1 Å². The molecule has 0 spiro atoms. The van der Waals surface area contributed by atoms with E-state index in [0.717, 1.165) is 16.9 Å². The Bertz CT molecular complexity index is 1030. The van der Waals surface area contributed by atoms with E-state index in [9.17, 15) is 9.59 Å². The highest BCUT2D eigenvalue weighted by molar-refractivity contribution is 7.09. The SMILES string of the molecule is CCC(C)CN(CC(=O)N(Cc1ccccc1)Cc1cccs1)C(=O)COc1ccc(Cl)cc1.